The zero-order chi connectivity index (χ0) is 15.4. The molecule has 1 aromatic heterocycles. The molecule has 0 fully saturated rings. The third-order valence-corrected chi connectivity index (χ3v) is 3.00. The van der Waals surface area contributed by atoms with Gasteiger partial charge >= 0.3 is 0 Å². The summed E-state index contributed by atoms with van der Waals surface area (Å²) in [5, 5.41) is 10.8. The van der Waals surface area contributed by atoms with E-state index in [1.807, 2.05) is 18.7 Å². The predicted octanol–water partition coefficient (Wildman–Crippen LogP) is 1.88. The van der Waals surface area contributed by atoms with E-state index < -0.39 is 4.92 Å². The number of aromatic nitrogens is 3. The van der Waals surface area contributed by atoms with Crippen molar-refractivity contribution in [1.29, 1.82) is 0 Å². The Kier molecular flexibility index (Phi) is 4.27. The Morgan fingerprint density at radius 2 is 1.95 bits per heavy atom. The van der Waals surface area contributed by atoms with E-state index in [2.05, 4.69) is 15.0 Å². The smallest absolute Gasteiger partial charge is 0.270 e. The number of nitro groups is 1. The van der Waals surface area contributed by atoms with Gasteiger partial charge in [-0.25, -0.2) is 0 Å². The standard InChI is InChI=1S/C13H16N6O2/c1-3-18(4-2)13-16-11(15-12(14)17-13)9-6-5-7-10(8-9)19(20)21/h5-8H,3-4H2,1-2H3,(H2,14,15,16,17). The molecule has 0 saturated carbocycles. The minimum absolute atomic E-state index is 0.0177. The quantitative estimate of drug-likeness (QED) is 0.660. The van der Waals surface area contributed by atoms with Gasteiger partial charge in [0.15, 0.2) is 5.82 Å². The number of hydrogen-bond acceptors (Lipinski definition) is 7. The number of benzene rings is 1. The molecule has 0 aliphatic rings. The largest absolute Gasteiger partial charge is 0.368 e. The average molecular weight is 288 g/mol. The maximum atomic E-state index is 10.8. The van der Waals surface area contributed by atoms with Gasteiger partial charge in [-0.3, -0.25) is 10.1 Å². The number of non-ortho nitro benzene ring substituents is 1. The van der Waals surface area contributed by atoms with E-state index in [-0.39, 0.29) is 11.6 Å². The normalized spacial score (nSPS) is 10.4. The lowest BCUT2D eigenvalue weighted by Crippen LogP contribution is -2.25. The molecule has 0 unspecified atom stereocenters. The zero-order valence-corrected chi connectivity index (χ0v) is 11.9. The molecule has 0 aliphatic carbocycles. The van der Waals surface area contributed by atoms with Gasteiger partial charge in [-0.15, -0.1) is 0 Å². The highest BCUT2D eigenvalue weighted by atomic mass is 16.6. The number of rotatable bonds is 5. The van der Waals surface area contributed by atoms with Gasteiger partial charge in [-0.2, -0.15) is 15.0 Å². The second kappa shape index (κ2) is 6.12. The van der Waals surface area contributed by atoms with Crippen LogP contribution < -0.4 is 10.6 Å². The second-order valence-electron chi connectivity index (χ2n) is 4.30. The summed E-state index contributed by atoms with van der Waals surface area (Å²) in [5.41, 5.74) is 6.24. The first-order valence-electron chi connectivity index (χ1n) is 6.56. The first kappa shape index (κ1) is 14.6. The fourth-order valence-corrected chi connectivity index (χ4v) is 1.92. The highest BCUT2D eigenvalue weighted by molar-refractivity contribution is 5.61. The van der Waals surface area contributed by atoms with Gasteiger partial charge in [0.2, 0.25) is 11.9 Å². The van der Waals surface area contributed by atoms with Gasteiger partial charge in [0.25, 0.3) is 5.69 Å². The molecule has 8 heteroatoms. The molecular formula is C13H16N6O2. The van der Waals surface area contributed by atoms with E-state index in [9.17, 15) is 10.1 Å². The van der Waals surface area contributed by atoms with Crippen LogP contribution in [0.15, 0.2) is 24.3 Å². The molecule has 110 valence electrons. The monoisotopic (exact) mass is 288 g/mol. The summed E-state index contributed by atoms with van der Waals surface area (Å²) in [6.07, 6.45) is 0. The van der Waals surface area contributed by atoms with Crippen LogP contribution in [-0.4, -0.2) is 33.0 Å². The topological polar surface area (TPSA) is 111 Å². The molecule has 1 aromatic carbocycles. The fourth-order valence-electron chi connectivity index (χ4n) is 1.92. The van der Waals surface area contributed by atoms with E-state index in [0.717, 1.165) is 13.1 Å². The number of anilines is 2. The molecule has 0 spiro atoms. The third kappa shape index (κ3) is 3.22. The van der Waals surface area contributed by atoms with E-state index in [4.69, 9.17) is 5.73 Å². The molecular weight excluding hydrogens is 272 g/mol. The zero-order valence-electron chi connectivity index (χ0n) is 11.9. The summed E-state index contributed by atoms with van der Waals surface area (Å²) in [6.45, 7) is 5.43. The van der Waals surface area contributed by atoms with Crippen molar-refractivity contribution in [2.75, 3.05) is 23.7 Å². The highest BCUT2D eigenvalue weighted by Crippen LogP contribution is 2.22. The Labute approximate surface area is 121 Å². The van der Waals surface area contributed by atoms with Gasteiger partial charge in [-0.05, 0) is 13.8 Å². The summed E-state index contributed by atoms with van der Waals surface area (Å²) < 4.78 is 0. The lowest BCUT2D eigenvalue weighted by molar-refractivity contribution is -0.384. The molecule has 0 aliphatic heterocycles. The predicted molar refractivity (Wildman–Crippen MR) is 79.9 cm³/mol. The van der Waals surface area contributed by atoms with Crippen molar-refractivity contribution in [3.8, 4) is 11.4 Å². The van der Waals surface area contributed by atoms with Crippen molar-refractivity contribution < 1.29 is 4.92 Å². The molecule has 0 atom stereocenters. The number of nitrogens with zero attached hydrogens (tertiary/aromatic N) is 5. The SMILES string of the molecule is CCN(CC)c1nc(N)nc(-c2cccc([N+](=O)[O-])c2)n1. The summed E-state index contributed by atoms with van der Waals surface area (Å²) in [7, 11) is 0. The van der Waals surface area contributed by atoms with Crippen molar-refractivity contribution in [3.05, 3.63) is 34.4 Å². The summed E-state index contributed by atoms with van der Waals surface area (Å²) in [6, 6.07) is 6.12. The summed E-state index contributed by atoms with van der Waals surface area (Å²) in [5.74, 6) is 0.885. The van der Waals surface area contributed by atoms with Crippen LogP contribution in [0.1, 0.15) is 13.8 Å². The second-order valence-corrected chi connectivity index (χ2v) is 4.30. The molecule has 8 nitrogen and oxygen atoms in total. The lowest BCUT2D eigenvalue weighted by Gasteiger charge is -2.18. The minimum Gasteiger partial charge on any atom is -0.368 e. The van der Waals surface area contributed by atoms with Gasteiger partial charge in [0.1, 0.15) is 0 Å². The van der Waals surface area contributed by atoms with Crippen LogP contribution in [0.2, 0.25) is 0 Å². The first-order valence-corrected chi connectivity index (χ1v) is 6.56. The Bertz CT molecular complexity index is 657. The number of nitrogen functional groups attached to an aromatic ring is 1. The maximum Gasteiger partial charge on any atom is 0.270 e. The molecule has 2 aromatic rings. The molecule has 2 N–H and O–H groups in total. The number of hydrogen-bond donors (Lipinski definition) is 1. The van der Waals surface area contributed by atoms with Crippen LogP contribution >= 0.6 is 0 Å². The van der Waals surface area contributed by atoms with Crippen LogP contribution in [0.25, 0.3) is 11.4 Å². The summed E-state index contributed by atoms with van der Waals surface area (Å²) in [4.78, 5) is 24.8. The van der Waals surface area contributed by atoms with Crippen LogP contribution in [0.5, 0.6) is 0 Å². The summed E-state index contributed by atoms with van der Waals surface area (Å²) >= 11 is 0. The van der Waals surface area contributed by atoms with Gasteiger partial charge in [0, 0.05) is 30.8 Å². The molecule has 0 saturated heterocycles. The Morgan fingerprint density at radius 3 is 2.57 bits per heavy atom. The molecule has 0 amide bonds. The highest BCUT2D eigenvalue weighted by Gasteiger charge is 2.13. The third-order valence-electron chi connectivity index (χ3n) is 3.00. The van der Waals surface area contributed by atoms with Crippen molar-refractivity contribution in [2.45, 2.75) is 13.8 Å². The Balaban J connectivity index is 2.49. The molecule has 1 heterocycles. The van der Waals surface area contributed by atoms with Gasteiger partial charge < -0.3 is 10.6 Å². The van der Waals surface area contributed by atoms with Gasteiger partial charge in [0.05, 0.1) is 4.92 Å². The average Bonchev–Trinajstić information content (AvgIpc) is 2.48. The van der Waals surface area contributed by atoms with Crippen molar-refractivity contribution >= 4 is 17.6 Å². The molecule has 2 rings (SSSR count). The van der Waals surface area contributed by atoms with E-state index >= 15 is 0 Å². The minimum atomic E-state index is -0.459. The number of nitro benzene ring substituents is 1. The fraction of sp³-hybridized carbons (Fsp3) is 0.308. The molecule has 0 bridgehead atoms. The first-order chi connectivity index (χ1) is 10.0. The maximum absolute atomic E-state index is 10.8. The van der Waals surface area contributed by atoms with Gasteiger partial charge in [-0.1, -0.05) is 12.1 Å². The van der Waals surface area contributed by atoms with Crippen molar-refractivity contribution in [1.82, 2.24) is 15.0 Å². The Morgan fingerprint density at radius 1 is 1.24 bits per heavy atom. The van der Waals surface area contributed by atoms with E-state index in [1.165, 1.54) is 12.1 Å². The van der Waals surface area contributed by atoms with Crippen molar-refractivity contribution in [3.63, 3.8) is 0 Å². The van der Waals surface area contributed by atoms with Crippen LogP contribution in [-0.2, 0) is 0 Å². The lowest BCUT2D eigenvalue weighted by atomic mass is 10.2. The van der Waals surface area contributed by atoms with Crippen LogP contribution in [0.3, 0.4) is 0 Å². The number of nitrogens with two attached hydrogens (primary N) is 1. The molecule has 0 radical (unpaired) electrons. The van der Waals surface area contributed by atoms with E-state index in [1.54, 1.807) is 12.1 Å². The van der Waals surface area contributed by atoms with Crippen LogP contribution in [0, 0.1) is 10.1 Å². The van der Waals surface area contributed by atoms with Crippen molar-refractivity contribution in [2.24, 2.45) is 0 Å². The van der Waals surface area contributed by atoms with E-state index in [0.29, 0.717) is 17.3 Å². The Hall–Kier alpha value is -2.77. The van der Waals surface area contributed by atoms with Crippen LogP contribution in [0.4, 0.5) is 17.6 Å². The molecule has 21 heavy (non-hydrogen) atoms.